The maximum absolute atomic E-state index is 3.44. The molecular formula is C22H27N3. The predicted octanol–water partition coefficient (Wildman–Crippen LogP) is 3.68. The van der Waals surface area contributed by atoms with Crippen LogP contribution in [0, 0.1) is 0 Å². The molecule has 0 aliphatic carbocycles. The Labute approximate surface area is 150 Å². The molecular weight excluding hydrogens is 306 g/mol. The van der Waals surface area contributed by atoms with Gasteiger partial charge in [-0.3, -0.25) is 0 Å². The lowest BCUT2D eigenvalue weighted by Gasteiger charge is -2.27. The van der Waals surface area contributed by atoms with Gasteiger partial charge in [-0.1, -0.05) is 48.5 Å². The van der Waals surface area contributed by atoms with Gasteiger partial charge in [0.05, 0.1) is 5.69 Å². The van der Waals surface area contributed by atoms with Crippen molar-refractivity contribution in [2.24, 2.45) is 7.05 Å². The molecule has 1 aliphatic heterocycles. The molecule has 25 heavy (non-hydrogen) atoms. The van der Waals surface area contributed by atoms with E-state index in [9.17, 15) is 0 Å². The first-order valence-electron chi connectivity index (χ1n) is 9.39. The molecule has 0 atom stereocenters. The Hall–Kier alpha value is -2.10. The van der Waals surface area contributed by atoms with Gasteiger partial charge in [0.15, 0.2) is 0 Å². The Morgan fingerprint density at radius 2 is 1.64 bits per heavy atom. The Morgan fingerprint density at radius 1 is 0.920 bits per heavy atom. The number of piperazine rings is 1. The van der Waals surface area contributed by atoms with Crippen molar-refractivity contribution in [3.8, 4) is 11.3 Å². The summed E-state index contributed by atoms with van der Waals surface area (Å²) in [6.45, 7) is 5.81. The van der Waals surface area contributed by atoms with E-state index in [1.807, 2.05) is 0 Å². The van der Waals surface area contributed by atoms with Crippen molar-refractivity contribution in [3.63, 3.8) is 0 Å². The molecule has 2 heterocycles. The number of hydrogen-bond donors (Lipinski definition) is 1. The van der Waals surface area contributed by atoms with Gasteiger partial charge in [0.2, 0.25) is 0 Å². The van der Waals surface area contributed by atoms with Crippen molar-refractivity contribution in [2.45, 2.75) is 12.8 Å². The molecule has 3 heteroatoms. The molecule has 0 amide bonds. The second kappa shape index (κ2) is 7.42. The van der Waals surface area contributed by atoms with Crippen LogP contribution in [-0.2, 0) is 13.5 Å². The fraction of sp³-hybridized carbons (Fsp3) is 0.364. The first kappa shape index (κ1) is 16.4. The van der Waals surface area contributed by atoms with Crippen LogP contribution in [0.2, 0.25) is 0 Å². The Bertz CT molecular complexity index is 829. The van der Waals surface area contributed by atoms with E-state index in [4.69, 9.17) is 0 Å². The summed E-state index contributed by atoms with van der Waals surface area (Å²) in [6, 6.07) is 19.6. The summed E-state index contributed by atoms with van der Waals surface area (Å²) >= 11 is 0. The highest BCUT2D eigenvalue weighted by Gasteiger charge is 2.16. The molecule has 2 aromatic carbocycles. The molecule has 1 N–H and O–H groups in total. The maximum atomic E-state index is 3.44. The fourth-order valence-electron chi connectivity index (χ4n) is 4.10. The van der Waals surface area contributed by atoms with E-state index < -0.39 is 0 Å². The normalized spacial score (nSPS) is 15.7. The summed E-state index contributed by atoms with van der Waals surface area (Å²) in [6.07, 6.45) is 2.35. The smallest absolute Gasteiger partial charge is 0.0521 e. The minimum atomic E-state index is 1.13. The van der Waals surface area contributed by atoms with Crippen molar-refractivity contribution in [2.75, 3.05) is 32.7 Å². The zero-order valence-corrected chi connectivity index (χ0v) is 15.0. The van der Waals surface area contributed by atoms with Gasteiger partial charge in [0.1, 0.15) is 0 Å². The van der Waals surface area contributed by atoms with E-state index in [1.54, 1.807) is 0 Å². The van der Waals surface area contributed by atoms with E-state index in [-0.39, 0.29) is 0 Å². The van der Waals surface area contributed by atoms with E-state index >= 15 is 0 Å². The number of nitrogens with zero attached hydrogens (tertiary/aromatic N) is 2. The fourth-order valence-corrected chi connectivity index (χ4v) is 4.10. The van der Waals surface area contributed by atoms with Gasteiger partial charge >= 0.3 is 0 Å². The molecule has 1 aliphatic rings. The Balaban J connectivity index is 1.64. The monoisotopic (exact) mass is 333 g/mol. The number of hydrogen-bond acceptors (Lipinski definition) is 2. The summed E-state index contributed by atoms with van der Waals surface area (Å²) in [7, 11) is 2.20. The van der Waals surface area contributed by atoms with Gasteiger partial charge in [-0.25, -0.2) is 0 Å². The van der Waals surface area contributed by atoms with E-state index in [0.717, 1.165) is 19.5 Å². The number of fused-ring (bicyclic) bond motifs is 1. The summed E-state index contributed by atoms with van der Waals surface area (Å²) in [5.74, 6) is 0. The average Bonchev–Trinajstić information content (AvgIpc) is 2.96. The van der Waals surface area contributed by atoms with Crippen molar-refractivity contribution < 1.29 is 0 Å². The molecule has 3 nitrogen and oxygen atoms in total. The molecule has 0 spiro atoms. The van der Waals surface area contributed by atoms with Crippen LogP contribution in [0.25, 0.3) is 22.2 Å². The van der Waals surface area contributed by atoms with Crippen LogP contribution in [0.4, 0.5) is 0 Å². The molecule has 0 saturated carbocycles. The number of nitrogens with one attached hydrogen (secondary N) is 1. The van der Waals surface area contributed by atoms with Gasteiger partial charge in [-0.05, 0) is 36.6 Å². The minimum absolute atomic E-state index is 1.13. The number of aryl methyl sites for hydroxylation is 2. The third kappa shape index (κ3) is 3.35. The maximum Gasteiger partial charge on any atom is 0.0521 e. The molecule has 3 aromatic rings. The van der Waals surface area contributed by atoms with Crippen LogP contribution in [0.3, 0.4) is 0 Å². The number of para-hydroxylation sites is 1. The molecule has 1 saturated heterocycles. The second-order valence-electron chi connectivity index (χ2n) is 6.96. The highest BCUT2D eigenvalue weighted by atomic mass is 15.2. The van der Waals surface area contributed by atoms with E-state index in [0.29, 0.717) is 0 Å². The van der Waals surface area contributed by atoms with Crippen molar-refractivity contribution in [1.29, 1.82) is 0 Å². The molecule has 1 fully saturated rings. The van der Waals surface area contributed by atoms with Crippen LogP contribution in [-0.4, -0.2) is 42.2 Å². The van der Waals surface area contributed by atoms with Crippen molar-refractivity contribution in [3.05, 3.63) is 60.2 Å². The van der Waals surface area contributed by atoms with Crippen LogP contribution < -0.4 is 5.32 Å². The highest BCUT2D eigenvalue weighted by Crippen LogP contribution is 2.33. The number of aromatic nitrogens is 1. The molecule has 1 aromatic heterocycles. The van der Waals surface area contributed by atoms with Gasteiger partial charge in [-0.2, -0.15) is 0 Å². The van der Waals surface area contributed by atoms with Crippen molar-refractivity contribution in [1.82, 2.24) is 14.8 Å². The van der Waals surface area contributed by atoms with Gasteiger partial charge < -0.3 is 14.8 Å². The van der Waals surface area contributed by atoms with Crippen LogP contribution in [0.1, 0.15) is 12.0 Å². The number of benzene rings is 2. The molecule has 0 radical (unpaired) electrons. The molecule has 0 bridgehead atoms. The predicted molar refractivity (Wildman–Crippen MR) is 106 cm³/mol. The lowest BCUT2D eigenvalue weighted by atomic mass is 10.0. The van der Waals surface area contributed by atoms with Gasteiger partial charge in [0, 0.05) is 44.1 Å². The summed E-state index contributed by atoms with van der Waals surface area (Å²) in [5, 5.41) is 4.84. The lowest BCUT2D eigenvalue weighted by Crippen LogP contribution is -2.43. The third-order valence-electron chi connectivity index (χ3n) is 5.37. The minimum Gasteiger partial charge on any atom is -0.343 e. The topological polar surface area (TPSA) is 20.2 Å². The van der Waals surface area contributed by atoms with Gasteiger partial charge in [0.25, 0.3) is 0 Å². The zero-order valence-electron chi connectivity index (χ0n) is 15.0. The molecule has 0 unspecified atom stereocenters. The summed E-state index contributed by atoms with van der Waals surface area (Å²) in [5.41, 5.74) is 5.53. The summed E-state index contributed by atoms with van der Waals surface area (Å²) in [4.78, 5) is 2.59. The molecule has 4 rings (SSSR count). The lowest BCUT2D eigenvalue weighted by molar-refractivity contribution is 0.238. The van der Waals surface area contributed by atoms with E-state index in [2.05, 4.69) is 76.4 Å². The second-order valence-corrected chi connectivity index (χ2v) is 6.96. The van der Waals surface area contributed by atoms with Crippen LogP contribution in [0.5, 0.6) is 0 Å². The first-order valence-corrected chi connectivity index (χ1v) is 9.39. The SMILES string of the molecule is Cn1c(-c2ccccc2)c(CCCN2CCNCC2)c2ccccc21. The average molecular weight is 333 g/mol. The standard InChI is InChI=1S/C22H27N3/c1-24-21-12-6-5-10-19(21)20(22(24)18-8-3-2-4-9-18)11-7-15-25-16-13-23-14-17-25/h2-6,8-10,12,23H,7,11,13-17H2,1H3. The molecule has 130 valence electrons. The highest BCUT2D eigenvalue weighted by molar-refractivity contribution is 5.91. The first-order chi connectivity index (χ1) is 12.3. The van der Waals surface area contributed by atoms with Gasteiger partial charge in [-0.15, -0.1) is 0 Å². The van der Waals surface area contributed by atoms with Crippen LogP contribution >= 0.6 is 0 Å². The van der Waals surface area contributed by atoms with Crippen LogP contribution in [0.15, 0.2) is 54.6 Å². The number of rotatable bonds is 5. The Morgan fingerprint density at radius 3 is 2.44 bits per heavy atom. The largest absolute Gasteiger partial charge is 0.343 e. The quantitative estimate of drug-likeness (QED) is 0.768. The van der Waals surface area contributed by atoms with E-state index in [1.165, 1.54) is 53.8 Å². The van der Waals surface area contributed by atoms with Crippen molar-refractivity contribution >= 4 is 10.9 Å². The zero-order chi connectivity index (χ0) is 17.1. The summed E-state index contributed by atoms with van der Waals surface area (Å²) < 4.78 is 2.37. The third-order valence-corrected chi connectivity index (χ3v) is 5.37. The Kier molecular flexibility index (Phi) is 4.86.